The highest BCUT2D eigenvalue weighted by molar-refractivity contribution is 7.40. The van der Waals surface area contributed by atoms with Crippen LogP contribution in [0.15, 0.2) is 35.3 Å². The maximum Gasteiger partial charge on any atom is 0.330 e. The Labute approximate surface area is 330 Å². The number of nitrogens with two attached hydrogens (primary N) is 1. The first-order valence-electron chi connectivity index (χ1n) is 20.2. The summed E-state index contributed by atoms with van der Waals surface area (Å²) in [5.74, 6) is 0.512. The average Bonchev–Trinajstić information content (AvgIpc) is 3.84. The molecule has 4 rings (SSSR count). The van der Waals surface area contributed by atoms with Crippen LogP contribution in [0.1, 0.15) is 164 Å². The van der Waals surface area contributed by atoms with Gasteiger partial charge in [0.15, 0.2) is 0 Å². The lowest BCUT2D eigenvalue weighted by Crippen LogP contribution is -2.32. The third-order valence-corrected chi connectivity index (χ3v) is 11.0. The van der Waals surface area contributed by atoms with Crippen LogP contribution in [0.25, 0.3) is 0 Å². The van der Waals surface area contributed by atoms with Crippen LogP contribution in [0.3, 0.4) is 0 Å². The molecule has 2 aromatic rings. The number of nitriles is 2. The molecule has 3 heterocycles. The minimum Gasteiger partial charge on any atom is -0.382 e. The number of hydrogen-bond donors (Lipinski definition) is 3. The second kappa shape index (κ2) is 27.8. The number of fused-ring (bicyclic) bond motifs is 1. The van der Waals surface area contributed by atoms with E-state index in [9.17, 15) is 10.2 Å². The fourth-order valence-corrected chi connectivity index (χ4v) is 7.97. The number of nitrogens with zero attached hydrogens (tertiary/aromatic N) is 4. The van der Waals surface area contributed by atoms with Gasteiger partial charge >= 0.3 is 8.60 Å². The summed E-state index contributed by atoms with van der Waals surface area (Å²) in [4.78, 5) is 14.9. The lowest BCUT2D eigenvalue weighted by atomic mass is 10.0. The molecule has 2 aliphatic heterocycles. The van der Waals surface area contributed by atoms with Gasteiger partial charge in [-0.05, 0) is 55.2 Å². The molecule has 300 valence electrons. The van der Waals surface area contributed by atoms with Gasteiger partial charge in [0.1, 0.15) is 18.2 Å². The van der Waals surface area contributed by atoms with Crippen LogP contribution in [0.5, 0.6) is 0 Å². The van der Waals surface area contributed by atoms with Crippen molar-refractivity contribution < 1.29 is 23.4 Å². The monoisotopic (exact) mass is 786 g/mol. The lowest BCUT2D eigenvalue weighted by Gasteiger charge is -2.22. The van der Waals surface area contributed by atoms with Crippen LogP contribution in [0.4, 0.5) is 0 Å². The van der Waals surface area contributed by atoms with Crippen LogP contribution < -0.4 is 11.2 Å². The maximum atomic E-state index is 10.6. The molecular weight excluding hydrogens is 723 g/mol. The molecule has 0 aliphatic carbocycles. The van der Waals surface area contributed by atoms with Gasteiger partial charge in [0.05, 0.1) is 55.5 Å². The van der Waals surface area contributed by atoms with Crippen LogP contribution in [-0.4, -0.2) is 47.5 Å². The van der Waals surface area contributed by atoms with Gasteiger partial charge in [-0.1, -0.05) is 128 Å². The van der Waals surface area contributed by atoms with Gasteiger partial charge in [0.25, 0.3) is 0 Å². The van der Waals surface area contributed by atoms with Crippen molar-refractivity contribution in [2.75, 3.05) is 25.3 Å². The highest BCUT2D eigenvalue weighted by Crippen LogP contribution is 2.38. The van der Waals surface area contributed by atoms with Crippen molar-refractivity contribution >= 4 is 26.0 Å². The summed E-state index contributed by atoms with van der Waals surface area (Å²) in [5, 5.41) is 16.3. The highest BCUT2D eigenvalue weighted by Gasteiger charge is 2.31. The Hall–Kier alpha value is -2.73. The third kappa shape index (κ3) is 17.4. The van der Waals surface area contributed by atoms with Gasteiger partial charge in [0, 0.05) is 11.6 Å². The van der Waals surface area contributed by atoms with E-state index in [1.54, 1.807) is 12.1 Å². The number of unbranched alkanes of at least 4 members (excludes halogenated alkanes) is 16. The molecule has 0 radical (unpaired) electrons. The van der Waals surface area contributed by atoms with Gasteiger partial charge in [-0.15, -0.1) is 0 Å². The van der Waals surface area contributed by atoms with E-state index in [1.807, 2.05) is 22.9 Å². The Kier molecular flexibility index (Phi) is 23.5. The molecule has 0 spiro atoms. The molecule has 0 amide bonds. The van der Waals surface area contributed by atoms with Gasteiger partial charge in [0.2, 0.25) is 0 Å². The molecule has 1 fully saturated rings. The number of aliphatic imine (C=N–C) groups is 1. The van der Waals surface area contributed by atoms with Crippen molar-refractivity contribution in [3.8, 4) is 12.6 Å². The van der Waals surface area contributed by atoms with Crippen molar-refractivity contribution in [3.63, 3.8) is 0 Å². The van der Waals surface area contributed by atoms with Crippen LogP contribution >= 0.6 is 20.2 Å². The molecule has 0 bridgehead atoms. The topological polar surface area (TPSA) is 160 Å². The summed E-state index contributed by atoms with van der Waals surface area (Å²) in [6, 6.07) is 11.4. The largest absolute Gasteiger partial charge is 0.382 e. The maximum absolute atomic E-state index is 10.6. The van der Waals surface area contributed by atoms with E-state index in [1.165, 1.54) is 96.3 Å². The van der Waals surface area contributed by atoms with Gasteiger partial charge in [-0.3, -0.25) is 4.68 Å². The number of rotatable bonds is 28. The molecule has 1 aromatic carbocycles. The van der Waals surface area contributed by atoms with Gasteiger partial charge < -0.3 is 34.6 Å². The van der Waals surface area contributed by atoms with Crippen molar-refractivity contribution in [2.24, 2.45) is 10.7 Å². The Morgan fingerprint density at radius 3 is 2.22 bits per heavy atom. The van der Waals surface area contributed by atoms with Crippen molar-refractivity contribution in [1.29, 1.82) is 10.5 Å². The summed E-state index contributed by atoms with van der Waals surface area (Å²) in [7, 11) is -2.09. The molecule has 0 saturated carbocycles. The number of hydrogen-bond acceptors (Lipinski definition) is 10. The van der Waals surface area contributed by atoms with Crippen LogP contribution in [0.2, 0.25) is 5.02 Å². The molecule has 54 heavy (non-hydrogen) atoms. The number of amidine groups is 1. The summed E-state index contributed by atoms with van der Waals surface area (Å²) in [6.45, 7) is 6.97. The minimum atomic E-state index is -2.09. The standard InChI is InChI=1S/C40H63ClN5O5P.CHN/c1-2-3-4-5-6-7-8-9-10-11-12-13-14-15-16-17-18-19-35(48-28-33-24-32(27-42)25-34(41)26-33)29-49-52(47)50-30-36-20-23-39(51-36)37-21-22-38-40(43)44-31-45-46(37)38;1-2/h21-22,24-26,35-36,39,45,47H,2-20,23,28-31H2,1H3,(H2,43,44);1H. The predicted octanol–water partition coefficient (Wildman–Crippen LogP) is 10.5. The highest BCUT2D eigenvalue weighted by atomic mass is 35.5. The smallest absolute Gasteiger partial charge is 0.330 e. The van der Waals surface area contributed by atoms with E-state index in [0.717, 1.165) is 49.1 Å². The lowest BCUT2D eigenvalue weighted by molar-refractivity contribution is -0.00973. The van der Waals surface area contributed by atoms with Gasteiger partial charge in [-0.25, -0.2) is 10.3 Å². The summed E-state index contributed by atoms with van der Waals surface area (Å²) in [6.07, 6.45) is 24.6. The average molecular weight is 787 g/mol. The first-order chi connectivity index (χ1) is 26.5. The van der Waals surface area contributed by atoms with E-state index in [2.05, 4.69) is 30.0 Å². The fraction of sp³-hybridized carbons (Fsp3) is 0.683. The first kappa shape index (κ1) is 45.7. The normalized spacial score (nSPS) is 17.4. The number of nitrogens with one attached hydrogen (secondary N) is 1. The number of halogens is 1. The third-order valence-electron chi connectivity index (χ3n) is 10.0. The van der Waals surface area contributed by atoms with Crippen LogP contribution in [0, 0.1) is 23.2 Å². The van der Waals surface area contributed by atoms with Crippen molar-refractivity contribution in [2.45, 2.75) is 160 Å². The first-order valence-corrected chi connectivity index (χ1v) is 21.7. The molecule has 4 N–H and O–H groups in total. The number of ether oxygens (including phenoxy) is 2. The van der Waals surface area contributed by atoms with E-state index < -0.39 is 8.60 Å². The molecule has 2 aliphatic rings. The summed E-state index contributed by atoms with van der Waals surface area (Å²) >= 11 is 6.22. The second-order valence-electron chi connectivity index (χ2n) is 14.3. The zero-order valence-corrected chi connectivity index (χ0v) is 34.1. The van der Waals surface area contributed by atoms with Crippen molar-refractivity contribution in [1.82, 2.24) is 4.68 Å². The summed E-state index contributed by atoms with van der Waals surface area (Å²) < 4.78 is 26.0. The van der Waals surface area contributed by atoms with Crippen LogP contribution in [-0.2, 0) is 25.1 Å². The SMILES string of the molecule is C#N.CCCCCCCCCCCCCCCCCCCC(COP(O)OCC1CCC(c2ccc3n2NCN=C3N)O1)OCc1cc(Cl)cc(C#N)c1. The molecule has 13 heteroatoms. The Bertz CT molecular complexity index is 1420. The molecule has 1 aromatic heterocycles. The molecular formula is C41H64ClN6O5P. The zero-order chi connectivity index (χ0) is 38.8. The van der Waals surface area contributed by atoms with Crippen molar-refractivity contribution in [3.05, 3.63) is 57.9 Å². The Morgan fingerprint density at radius 1 is 0.963 bits per heavy atom. The van der Waals surface area contributed by atoms with Gasteiger partial charge in [-0.2, -0.15) is 5.26 Å². The second-order valence-corrected chi connectivity index (χ2v) is 15.8. The van der Waals surface area contributed by atoms with E-state index in [-0.39, 0.29) is 31.5 Å². The van der Waals surface area contributed by atoms with E-state index >= 15 is 0 Å². The molecule has 11 nitrogen and oxygen atoms in total. The number of benzene rings is 1. The molecule has 4 atom stereocenters. The summed E-state index contributed by atoms with van der Waals surface area (Å²) in [5.41, 5.74) is 12.4. The fourth-order valence-electron chi connectivity index (χ4n) is 7.05. The zero-order valence-electron chi connectivity index (χ0n) is 32.4. The van der Waals surface area contributed by atoms with E-state index in [0.29, 0.717) is 29.7 Å². The number of aromatic nitrogens is 1. The Morgan fingerprint density at radius 2 is 1.59 bits per heavy atom. The molecule has 4 unspecified atom stereocenters. The van der Waals surface area contributed by atoms with E-state index in [4.69, 9.17) is 41.1 Å². The minimum absolute atomic E-state index is 0.0954. The quantitative estimate of drug-likeness (QED) is 0.0563. The predicted molar refractivity (Wildman–Crippen MR) is 217 cm³/mol. The Balaban J connectivity index is 0.00000385. The molecule has 1 saturated heterocycles.